The second kappa shape index (κ2) is 6.71. The molecule has 2 unspecified atom stereocenters. The molecular weight excluding hydrogens is 288 g/mol. The normalized spacial score (nSPS) is 15.4. The van der Waals surface area contributed by atoms with Crippen molar-refractivity contribution in [3.63, 3.8) is 0 Å². The Balaban J connectivity index is 2.78. The summed E-state index contributed by atoms with van der Waals surface area (Å²) in [6.45, 7) is 3.48. The van der Waals surface area contributed by atoms with Crippen LogP contribution in [0.5, 0.6) is 0 Å². The number of nitrogens with zero attached hydrogens (tertiary/aromatic N) is 1. The summed E-state index contributed by atoms with van der Waals surface area (Å²) in [6.07, 6.45) is 0. The van der Waals surface area contributed by atoms with Crippen LogP contribution in [-0.2, 0) is 4.74 Å². The number of ether oxygens (including phenoxy) is 1. The molecule has 1 aromatic heterocycles. The molecule has 1 heterocycles. The topological polar surface area (TPSA) is 38.5 Å². The third kappa shape index (κ3) is 3.28. The third-order valence-electron chi connectivity index (χ3n) is 2.77. The highest BCUT2D eigenvalue weighted by Crippen LogP contribution is 2.32. The van der Waals surface area contributed by atoms with E-state index >= 15 is 0 Å². The molecule has 0 amide bonds. The number of hydrogen-bond donors (Lipinski definition) is 1. The molecule has 1 aromatic rings. The molecule has 5 heteroatoms. The molecule has 0 aliphatic carbocycles. The van der Waals surface area contributed by atoms with Crippen molar-refractivity contribution in [2.24, 2.45) is 5.73 Å². The lowest BCUT2D eigenvalue weighted by molar-refractivity contribution is 0.0918. The maximum Gasteiger partial charge on any atom is 0.0615 e. The van der Waals surface area contributed by atoms with E-state index in [0.717, 1.165) is 11.1 Å². The van der Waals surface area contributed by atoms with Crippen LogP contribution in [-0.4, -0.2) is 38.3 Å². The fourth-order valence-corrected chi connectivity index (χ4v) is 3.47. The Morgan fingerprint density at radius 1 is 1.62 bits per heavy atom. The van der Waals surface area contributed by atoms with Crippen LogP contribution in [0.25, 0.3) is 0 Å². The molecule has 3 nitrogen and oxygen atoms in total. The fourth-order valence-electron chi connectivity index (χ4n) is 1.67. The van der Waals surface area contributed by atoms with E-state index in [4.69, 9.17) is 10.5 Å². The molecule has 2 N–H and O–H groups in total. The van der Waals surface area contributed by atoms with Crippen molar-refractivity contribution in [2.45, 2.75) is 19.0 Å². The van der Waals surface area contributed by atoms with Gasteiger partial charge in [0.15, 0.2) is 0 Å². The van der Waals surface area contributed by atoms with Crippen LogP contribution in [0.2, 0.25) is 0 Å². The van der Waals surface area contributed by atoms with Crippen LogP contribution in [0.3, 0.4) is 0 Å². The minimum atomic E-state index is 0.250. The van der Waals surface area contributed by atoms with E-state index < -0.39 is 0 Å². The Labute approximate surface area is 110 Å². The first-order valence-electron chi connectivity index (χ1n) is 5.25. The predicted molar refractivity (Wildman–Crippen MR) is 72.9 cm³/mol. The van der Waals surface area contributed by atoms with E-state index in [0.29, 0.717) is 12.6 Å². The van der Waals surface area contributed by atoms with Crippen LogP contribution in [0.4, 0.5) is 0 Å². The van der Waals surface area contributed by atoms with Gasteiger partial charge in [0, 0.05) is 29.0 Å². The van der Waals surface area contributed by atoms with Gasteiger partial charge in [-0.25, -0.2) is 0 Å². The molecule has 16 heavy (non-hydrogen) atoms. The van der Waals surface area contributed by atoms with Crippen molar-refractivity contribution < 1.29 is 4.74 Å². The summed E-state index contributed by atoms with van der Waals surface area (Å²) in [5.41, 5.74) is 5.87. The van der Waals surface area contributed by atoms with Crippen molar-refractivity contribution in [3.8, 4) is 0 Å². The number of nitrogens with two attached hydrogens (primary N) is 1. The van der Waals surface area contributed by atoms with E-state index in [1.54, 1.807) is 18.4 Å². The Kier molecular flexibility index (Phi) is 5.92. The van der Waals surface area contributed by atoms with Crippen LogP contribution < -0.4 is 5.73 Å². The lowest BCUT2D eigenvalue weighted by Gasteiger charge is -2.31. The molecule has 0 aromatic carbocycles. The summed E-state index contributed by atoms with van der Waals surface area (Å²) >= 11 is 5.30. The summed E-state index contributed by atoms with van der Waals surface area (Å²) in [6, 6.07) is 2.67. The van der Waals surface area contributed by atoms with Gasteiger partial charge >= 0.3 is 0 Å². The standard InChI is InChI=1S/C11H19BrN2OS/c1-8(7-15-3)14(2)10(6-13)11-9(12)4-5-16-11/h4-5,8,10H,6-7,13H2,1-3H3. The maximum atomic E-state index is 5.87. The maximum absolute atomic E-state index is 5.87. The van der Waals surface area contributed by atoms with Crippen LogP contribution in [0, 0.1) is 0 Å². The monoisotopic (exact) mass is 306 g/mol. The Morgan fingerprint density at radius 2 is 2.31 bits per heavy atom. The van der Waals surface area contributed by atoms with E-state index in [-0.39, 0.29) is 6.04 Å². The highest BCUT2D eigenvalue weighted by Gasteiger charge is 2.22. The first-order chi connectivity index (χ1) is 7.61. The fraction of sp³-hybridized carbons (Fsp3) is 0.636. The summed E-state index contributed by atoms with van der Waals surface area (Å²) in [5.74, 6) is 0. The lowest BCUT2D eigenvalue weighted by atomic mass is 10.1. The third-order valence-corrected chi connectivity index (χ3v) is 4.74. The number of thiophene rings is 1. The summed E-state index contributed by atoms with van der Waals surface area (Å²) in [5, 5.41) is 2.08. The van der Waals surface area contributed by atoms with Gasteiger partial charge in [-0.05, 0) is 41.3 Å². The average molecular weight is 307 g/mol. The van der Waals surface area contributed by atoms with Crippen LogP contribution in [0.1, 0.15) is 17.8 Å². The Bertz CT molecular complexity index is 319. The largest absolute Gasteiger partial charge is 0.383 e. The van der Waals surface area contributed by atoms with Gasteiger partial charge in [0.05, 0.1) is 12.6 Å². The molecule has 0 aliphatic heterocycles. The molecule has 0 saturated heterocycles. The second-order valence-electron chi connectivity index (χ2n) is 3.85. The first-order valence-corrected chi connectivity index (χ1v) is 6.92. The van der Waals surface area contributed by atoms with Gasteiger partial charge in [0.2, 0.25) is 0 Å². The minimum Gasteiger partial charge on any atom is -0.383 e. The van der Waals surface area contributed by atoms with Gasteiger partial charge in [0.25, 0.3) is 0 Å². The van der Waals surface area contributed by atoms with Crippen molar-refractivity contribution >= 4 is 27.3 Å². The zero-order chi connectivity index (χ0) is 12.1. The van der Waals surface area contributed by atoms with Crippen LogP contribution >= 0.6 is 27.3 Å². The van der Waals surface area contributed by atoms with Crippen molar-refractivity contribution in [1.29, 1.82) is 0 Å². The van der Waals surface area contributed by atoms with Gasteiger partial charge in [-0.1, -0.05) is 0 Å². The Morgan fingerprint density at radius 3 is 2.75 bits per heavy atom. The molecule has 0 saturated carbocycles. The van der Waals surface area contributed by atoms with Crippen molar-refractivity contribution in [3.05, 3.63) is 20.8 Å². The Hall–Kier alpha value is 0.0600. The number of methoxy groups -OCH3 is 1. The van der Waals surface area contributed by atoms with Gasteiger partial charge < -0.3 is 10.5 Å². The first kappa shape index (κ1) is 14.1. The van der Waals surface area contributed by atoms with Crippen molar-refractivity contribution in [2.75, 3.05) is 27.3 Å². The number of likely N-dealkylation sites (N-methyl/N-ethyl adjacent to an activating group) is 1. The molecule has 0 aliphatic rings. The minimum absolute atomic E-state index is 0.250. The summed E-state index contributed by atoms with van der Waals surface area (Å²) in [4.78, 5) is 3.55. The SMILES string of the molecule is COCC(C)N(C)C(CN)c1sccc1Br. The summed E-state index contributed by atoms with van der Waals surface area (Å²) < 4.78 is 6.32. The zero-order valence-corrected chi connectivity index (χ0v) is 12.3. The second-order valence-corrected chi connectivity index (χ2v) is 5.66. The number of rotatable bonds is 6. The predicted octanol–water partition coefficient (Wildman–Crippen LogP) is 2.48. The van der Waals surface area contributed by atoms with E-state index in [2.05, 4.69) is 46.2 Å². The average Bonchev–Trinajstić information content (AvgIpc) is 2.66. The summed E-state index contributed by atoms with van der Waals surface area (Å²) in [7, 11) is 3.82. The smallest absolute Gasteiger partial charge is 0.0615 e. The van der Waals surface area contributed by atoms with Gasteiger partial charge in [-0.2, -0.15) is 0 Å². The molecule has 0 radical (unpaired) electrons. The quantitative estimate of drug-likeness (QED) is 0.877. The number of hydrogen-bond acceptors (Lipinski definition) is 4. The molecular formula is C11H19BrN2OS. The van der Waals surface area contributed by atoms with Crippen LogP contribution in [0.15, 0.2) is 15.9 Å². The lowest BCUT2D eigenvalue weighted by Crippen LogP contribution is -2.39. The highest BCUT2D eigenvalue weighted by atomic mass is 79.9. The molecule has 0 fully saturated rings. The highest BCUT2D eigenvalue weighted by molar-refractivity contribution is 9.10. The molecule has 0 bridgehead atoms. The van der Waals surface area contributed by atoms with Gasteiger partial charge in [-0.15, -0.1) is 11.3 Å². The van der Waals surface area contributed by atoms with E-state index in [1.165, 1.54) is 4.88 Å². The zero-order valence-electron chi connectivity index (χ0n) is 9.94. The number of halogens is 1. The van der Waals surface area contributed by atoms with E-state index in [9.17, 15) is 0 Å². The van der Waals surface area contributed by atoms with Gasteiger partial charge in [0.1, 0.15) is 0 Å². The molecule has 2 atom stereocenters. The molecule has 92 valence electrons. The van der Waals surface area contributed by atoms with Crippen molar-refractivity contribution in [1.82, 2.24) is 4.90 Å². The molecule has 0 spiro atoms. The molecule has 1 rings (SSSR count). The van der Waals surface area contributed by atoms with E-state index in [1.807, 2.05) is 0 Å². The van der Waals surface area contributed by atoms with Gasteiger partial charge in [-0.3, -0.25) is 4.90 Å².